The van der Waals surface area contributed by atoms with Crippen LogP contribution in [0.1, 0.15) is 6.42 Å². The summed E-state index contributed by atoms with van der Waals surface area (Å²) < 4.78 is 21.4. The average molecular weight is 227 g/mol. The Labute approximate surface area is 83.8 Å². The molecule has 13 heavy (non-hydrogen) atoms. The molecule has 0 aromatic carbocycles. The second kappa shape index (κ2) is 6.64. The van der Waals surface area contributed by atoms with Crippen molar-refractivity contribution in [2.75, 3.05) is 30.1 Å². The van der Waals surface area contributed by atoms with Crippen molar-refractivity contribution in [2.45, 2.75) is 12.5 Å². The van der Waals surface area contributed by atoms with Gasteiger partial charge in [0.15, 0.2) is 0 Å². The number of sulfone groups is 1. The van der Waals surface area contributed by atoms with Gasteiger partial charge in [0.25, 0.3) is 0 Å². The number of aliphatic hydroxyl groups is 1. The van der Waals surface area contributed by atoms with E-state index < -0.39 is 15.9 Å². The molecule has 0 aliphatic carbocycles. The largest absolute Gasteiger partial charge is 0.392 e. The van der Waals surface area contributed by atoms with Gasteiger partial charge in [-0.3, -0.25) is 0 Å². The average Bonchev–Trinajstić information content (AvgIpc) is 2.01. The summed E-state index contributed by atoms with van der Waals surface area (Å²) in [5.74, 6) is 1.56. The molecule has 4 nitrogen and oxygen atoms in total. The molecule has 0 aliphatic heterocycles. The van der Waals surface area contributed by atoms with Crippen molar-refractivity contribution in [3.05, 3.63) is 0 Å². The van der Waals surface area contributed by atoms with E-state index in [1.807, 2.05) is 0 Å². The van der Waals surface area contributed by atoms with E-state index in [2.05, 4.69) is 0 Å². The second-order valence-electron chi connectivity index (χ2n) is 2.92. The minimum atomic E-state index is -2.84. The van der Waals surface area contributed by atoms with E-state index in [-0.39, 0.29) is 12.3 Å². The molecule has 0 bridgehead atoms. The van der Waals surface area contributed by atoms with Gasteiger partial charge in [0.05, 0.1) is 11.9 Å². The van der Waals surface area contributed by atoms with Gasteiger partial charge in [0.2, 0.25) is 0 Å². The van der Waals surface area contributed by atoms with Crippen molar-refractivity contribution in [3.63, 3.8) is 0 Å². The molecule has 3 N–H and O–H groups in total. The quantitative estimate of drug-likeness (QED) is 0.572. The summed E-state index contributed by atoms with van der Waals surface area (Å²) in [6.07, 6.45) is 1.40. The Morgan fingerprint density at radius 3 is 2.54 bits per heavy atom. The third kappa shape index (κ3) is 10.1. The van der Waals surface area contributed by atoms with E-state index in [4.69, 9.17) is 10.8 Å². The van der Waals surface area contributed by atoms with E-state index in [0.29, 0.717) is 12.2 Å². The van der Waals surface area contributed by atoms with E-state index in [0.717, 1.165) is 5.75 Å². The Bertz CT molecular complexity index is 216. The highest BCUT2D eigenvalue weighted by Gasteiger charge is 2.03. The second-order valence-corrected chi connectivity index (χ2v) is 6.40. The van der Waals surface area contributed by atoms with Crippen LogP contribution in [0.15, 0.2) is 0 Å². The van der Waals surface area contributed by atoms with Crippen molar-refractivity contribution in [1.29, 1.82) is 0 Å². The van der Waals surface area contributed by atoms with Crippen LogP contribution >= 0.6 is 11.8 Å². The van der Waals surface area contributed by atoms with Crippen LogP contribution in [-0.2, 0) is 9.84 Å². The summed E-state index contributed by atoms with van der Waals surface area (Å²) in [6.45, 7) is 0.270. The molecule has 0 saturated heterocycles. The number of aliphatic hydroxyl groups excluding tert-OH is 1. The Kier molecular flexibility index (Phi) is 6.75. The number of thioether (sulfide) groups is 1. The zero-order valence-electron chi connectivity index (χ0n) is 7.77. The van der Waals surface area contributed by atoms with Crippen molar-refractivity contribution < 1.29 is 13.5 Å². The van der Waals surface area contributed by atoms with Crippen molar-refractivity contribution in [3.8, 4) is 0 Å². The van der Waals surface area contributed by atoms with E-state index in [9.17, 15) is 8.42 Å². The number of nitrogens with two attached hydrogens (primary N) is 1. The predicted octanol–water partition coefficient (Wildman–Crippen LogP) is -0.526. The van der Waals surface area contributed by atoms with E-state index in [1.165, 1.54) is 18.0 Å². The molecule has 0 heterocycles. The van der Waals surface area contributed by atoms with Gasteiger partial charge in [-0.2, -0.15) is 11.8 Å². The lowest BCUT2D eigenvalue weighted by Crippen LogP contribution is -2.20. The first-order valence-corrected chi connectivity index (χ1v) is 7.31. The van der Waals surface area contributed by atoms with Crippen molar-refractivity contribution in [1.82, 2.24) is 0 Å². The summed E-state index contributed by atoms with van der Waals surface area (Å²) in [4.78, 5) is 0. The summed E-state index contributed by atoms with van der Waals surface area (Å²) in [6, 6.07) is 0. The zero-order valence-corrected chi connectivity index (χ0v) is 9.40. The molecular formula is C7H17NO3S2. The molecule has 0 rings (SSSR count). The fourth-order valence-corrected chi connectivity index (χ4v) is 2.97. The van der Waals surface area contributed by atoms with Crippen molar-refractivity contribution in [2.24, 2.45) is 5.73 Å². The fourth-order valence-electron chi connectivity index (χ4n) is 0.650. The highest BCUT2D eigenvalue weighted by Crippen LogP contribution is 2.05. The van der Waals surface area contributed by atoms with Gasteiger partial charge in [-0.15, -0.1) is 0 Å². The molecular weight excluding hydrogens is 210 g/mol. The highest BCUT2D eigenvalue weighted by atomic mass is 32.2. The maximum Gasteiger partial charge on any atom is 0.148 e. The molecule has 0 spiro atoms. The lowest BCUT2D eigenvalue weighted by atomic mass is 10.3. The number of rotatable bonds is 7. The van der Waals surface area contributed by atoms with Crippen molar-refractivity contribution >= 4 is 21.6 Å². The van der Waals surface area contributed by atoms with Crippen LogP contribution in [0.3, 0.4) is 0 Å². The molecule has 0 saturated carbocycles. The van der Waals surface area contributed by atoms with Crippen LogP contribution in [0.25, 0.3) is 0 Å². The zero-order chi connectivity index (χ0) is 10.3. The maximum atomic E-state index is 10.7. The highest BCUT2D eigenvalue weighted by molar-refractivity contribution is 8.00. The van der Waals surface area contributed by atoms with E-state index in [1.54, 1.807) is 0 Å². The molecule has 1 unspecified atom stereocenters. The number of hydrogen-bond donors (Lipinski definition) is 2. The third-order valence-corrected chi connectivity index (χ3v) is 3.69. The topological polar surface area (TPSA) is 80.4 Å². The maximum absolute atomic E-state index is 10.7. The standard InChI is InChI=1S/C7H17NO3S2/c1-13(10,11)5-4-12-3-2-7(9)6-8/h7,9H,2-6,8H2,1H3. The van der Waals surface area contributed by atoms with Crippen LogP contribution in [0.2, 0.25) is 0 Å². The molecule has 0 aromatic heterocycles. The monoisotopic (exact) mass is 227 g/mol. The first kappa shape index (κ1) is 13.2. The summed E-state index contributed by atoms with van der Waals surface area (Å²) in [5.41, 5.74) is 5.20. The van der Waals surface area contributed by atoms with E-state index >= 15 is 0 Å². The lowest BCUT2D eigenvalue weighted by Gasteiger charge is -2.06. The van der Waals surface area contributed by atoms with Crippen LogP contribution in [0, 0.1) is 0 Å². The van der Waals surface area contributed by atoms with Gasteiger partial charge >= 0.3 is 0 Å². The Morgan fingerprint density at radius 2 is 2.08 bits per heavy atom. The van der Waals surface area contributed by atoms with Crippen LogP contribution in [0.4, 0.5) is 0 Å². The van der Waals surface area contributed by atoms with Gasteiger partial charge in [-0.1, -0.05) is 0 Å². The Morgan fingerprint density at radius 1 is 1.46 bits per heavy atom. The van der Waals surface area contributed by atoms with Gasteiger partial charge < -0.3 is 10.8 Å². The minimum Gasteiger partial charge on any atom is -0.392 e. The van der Waals surface area contributed by atoms with Crippen LogP contribution in [0.5, 0.6) is 0 Å². The molecule has 6 heteroatoms. The normalized spacial score (nSPS) is 14.4. The lowest BCUT2D eigenvalue weighted by molar-refractivity contribution is 0.180. The predicted molar refractivity (Wildman–Crippen MR) is 56.7 cm³/mol. The summed E-state index contributed by atoms with van der Waals surface area (Å²) in [7, 11) is -2.84. The molecule has 80 valence electrons. The molecule has 0 aromatic rings. The molecule has 0 fully saturated rings. The first-order valence-electron chi connectivity index (χ1n) is 4.09. The minimum absolute atomic E-state index is 0.205. The van der Waals surface area contributed by atoms with Crippen LogP contribution < -0.4 is 5.73 Å². The molecule has 0 radical (unpaired) electrons. The first-order chi connectivity index (χ1) is 5.95. The van der Waals surface area contributed by atoms with Gasteiger partial charge in [0, 0.05) is 18.6 Å². The summed E-state index contributed by atoms with van der Waals surface area (Å²) in [5, 5.41) is 9.06. The Hall–Kier alpha value is 0.220. The SMILES string of the molecule is CS(=O)(=O)CCSCCC(O)CN. The van der Waals surface area contributed by atoms with Gasteiger partial charge in [-0.25, -0.2) is 8.42 Å². The Balaban J connectivity index is 3.27. The van der Waals surface area contributed by atoms with Gasteiger partial charge in [0.1, 0.15) is 9.84 Å². The summed E-state index contributed by atoms with van der Waals surface area (Å²) >= 11 is 1.53. The van der Waals surface area contributed by atoms with Crippen LogP contribution in [-0.4, -0.2) is 49.7 Å². The molecule has 0 amide bonds. The smallest absolute Gasteiger partial charge is 0.148 e. The fraction of sp³-hybridized carbons (Fsp3) is 1.00. The number of hydrogen-bond acceptors (Lipinski definition) is 5. The molecule has 1 atom stereocenters. The molecule has 0 aliphatic rings. The third-order valence-electron chi connectivity index (χ3n) is 1.47. The van der Waals surface area contributed by atoms with Gasteiger partial charge in [-0.05, 0) is 12.2 Å².